The molecule has 3 aromatic carbocycles. The smallest absolute Gasteiger partial charge is 0.239 e. The molecule has 0 saturated carbocycles. The van der Waals surface area contributed by atoms with Crippen molar-refractivity contribution in [1.29, 1.82) is 0 Å². The van der Waals surface area contributed by atoms with Crippen LogP contribution in [0.15, 0.2) is 78.9 Å². The number of hydrogen-bond donors (Lipinski definition) is 0. The monoisotopic (exact) mass is 424 g/mol. The van der Waals surface area contributed by atoms with Crippen molar-refractivity contribution in [2.75, 3.05) is 0 Å². The molecule has 1 aliphatic carbocycles. The number of halogens is 2. The first-order chi connectivity index (χ1) is 13.8. The molecule has 0 bridgehead atoms. The maximum atomic E-state index is 11.8. The van der Waals surface area contributed by atoms with E-state index in [0.717, 1.165) is 6.42 Å². The second-order valence-corrected chi connectivity index (χ2v) is 8.61. The molecule has 4 rings (SSSR count). The maximum Gasteiger partial charge on any atom is 0.239 e. The molecule has 0 amide bonds. The maximum absolute atomic E-state index is 11.8. The summed E-state index contributed by atoms with van der Waals surface area (Å²) in [6, 6.07) is 25.7. The van der Waals surface area contributed by atoms with E-state index in [4.69, 9.17) is 23.2 Å². The second-order valence-electron chi connectivity index (χ2n) is 7.28. The van der Waals surface area contributed by atoms with E-state index in [1.54, 1.807) is 44.2 Å². The topological polar surface area (TPSA) is 34.1 Å². The number of hydrogen-bond acceptors (Lipinski definition) is 2. The van der Waals surface area contributed by atoms with Crippen LogP contribution in [0.5, 0.6) is 0 Å². The Morgan fingerprint density at radius 1 is 0.759 bits per heavy atom. The molecule has 3 aromatic rings. The summed E-state index contributed by atoms with van der Waals surface area (Å²) in [5.41, 5.74) is 6.17. The van der Waals surface area contributed by atoms with E-state index in [2.05, 4.69) is 48.5 Å². The molecule has 0 radical (unpaired) electrons. The standard InChI is InChI=1S/C13H10.C12H12Cl2O2/c1-3-7-12-10(5-1)9-11-6-2-4-8-13(11)12;1-8(2)10(15)11(16)12(13,14)9-6-4-3-5-7-9/h1-8H,9H2;3-8H,1-2H3. The van der Waals surface area contributed by atoms with Crippen LogP contribution in [0.1, 0.15) is 30.5 Å². The van der Waals surface area contributed by atoms with E-state index in [9.17, 15) is 9.59 Å². The number of carbonyl (C=O) groups is 2. The Morgan fingerprint density at radius 3 is 1.69 bits per heavy atom. The lowest BCUT2D eigenvalue weighted by Gasteiger charge is -2.18. The third kappa shape index (κ3) is 4.60. The number of alkyl halides is 2. The third-order valence-corrected chi connectivity index (χ3v) is 5.66. The zero-order valence-corrected chi connectivity index (χ0v) is 17.9. The minimum atomic E-state index is -1.79. The SMILES string of the molecule is CC(C)C(=O)C(=O)C(Cl)(Cl)c1ccccc1.c1ccc2c(c1)Cc1ccccc1-2. The average molecular weight is 425 g/mol. The van der Waals surface area contributed by atoms with Gasteiger partial charge in [-0.15, -0.1) is 0 Å². The summed E-state index contributed by atoms with van der Waals surface area (Å²) in [4.78, 5) is 23.3. The summed E-state index contributed by atoms with van der Waals surface area (Å²) in [6.07, 6.45) is 1.10. The lowest BCUT2D eigenvalue weighted by molar-refractivity contribution is -0.138. The minimum Gasteiger partial charge on any atom is -0.290 e. The van der Waals surface area contributed by atoms with Gasteiger partial charge in [0.25, 0.3) is 0 Å². The molecule has 0 heterocycles. The van der Waals surface area contributed by atoms with Gasteiger partial charge in [0.05, 0.1) is 0 Å². The third-order valence-electron chi connectivity index (χ3n) is 4.88. The van der Waals surface area contributed by atoms with Crippen LogP contribution in [0.2, 0.25) is 0 Å². The fourth-order valence-corrected chi connectivity index (χ4v) is 3.71. The summed E-state index contributed by atoms with van der Waals surface area (Å²) < 4.78 is -1.79. The molecule has 148 valence electrons. The normalized spacial score (nSPS) is 11.9. The Hall–Kier alpha value is -2.42. The van der Waals surface area contributed by atoms with Crippen molar-refractivity contribution in [2.24, 2.45) is 5.92 Å². The lowest BCUT2D eigenvalue weighted by Crippen LogP contribution is -2.33. The van der Waals surface area contributed by atoms with E-state index in [1.807, 2.05) is 0 Å². The number of fused-ring (bicyclic) bond motifs is 3. The summed E-state index contributed by atoms with van der Waals surface area (Å²) in [7, 11) is 0. The Kier molecular flexibility index (Phi) is 6.56. The lowest BCUT2D eigenvalue weighted by atomic mass is 9.99. The minimum absolute atomic E-state index is 0.409. The van der Waals surface area contributed by atoms with Gasteiger partial charge in [-0.25, -0.2) is 0 Å². The van der Waals surface area contributed by atoms with Gasteiger partial charge in [0, 0.05) is 5.92 Å². The Balaban J connectivity index is 0.000000168. The van der Waals surface area contributed by atoms with Crippen LogP contribution in [-0.2, 0) is 20.3 Å². The van der Waals surface area contributed by atoms with E-state index in [0.29, 0.717) is 5.56 Å². The van der Waals surface area contributed by atoms with Gasteiger partial charge in [-0.3, -0.25) is 9.59 Å². The predicted octanol–water partition coefficient (Wildman–Crippen LogP) is 6.37. The molecule has 2 nitrogen and oxygen atoms in total. The first kappa shape index (κ1) is 21.3. The molecule has 0 saturated heterocycles. The fourth-order valence-electron chi connectivity index (χ4n) is 3.28. The van der Waals surface area contributed by atoms with Gasteiger partial charge < -0.3 is 0 Å². The largest absolute Gasteiger partial charge is 0.290 e. The molecular weight excluding hydrogens is 403 g/mol. The first-order valence-corrected chi connectivity index (χ1v) is 10.3. The Morgan fingerprint density at radius 2 is 1.21 bits per heavy atom. The van der Waals surface area contributed by atoms with Crippen LogP contribution in [0.4, 0.5) is 0 Å². The van der Waals surface area contributed by atoms with Gasteiger partial charge in [0.15, 0.2) is 0 Å². The summed E-state index contributed by atoms with van der Waals surface area (Å²) in [6.45, 7) is 3.27. The van der Waals surface area contributed by atoms with Crippen molar-refractivity contribution in [2.45, 2.75) is 24.6 Å². The molecule has 0 aliphatic heterocycles. The quantitative estimate of drug-likeness (QED) is 0.281. The van der Waals surface area contributed by atoms with Gasteiger partial charge in [-0.05, 0) is 34.2 Å². The van der Waals surface area contributed by atoms with Gasteiger partial charge in [0.1, 0.15) is 0 Å². The molecule has 0 atom stereocenters. The summed E-state index contributed by atoms with van der Waals surface area (Å²) in [5.74, 6) is -1.75. The predicted molar refractivity (Wildman–Crippen MR) is 119 cm³/mol. The van der Waals surface area contributed by atoms with Crippen LogP contribution in [-0.4, -0.2) is 11.6 Å². The molecule has 0 unspecified atom stereocenters. The van der Waals surface area contributed by atoms with E-state index in [-0.39, 0.29) is 0 Å². The van der Waals surface area contributed by atoms with Gasteiger partial charge >= 0.3 is 0 Å². The number of benzene rings is 3. The molecule has 0 N–H and O–H groups in total. The van der Waals surface area contributed by atoms with Gasteiger partial charge in [-0.1, -0.05) is 116 Å². The number of ketones is 2. The first-order valence-electron chi connectivity index (χ1n) is 9.50. The highest BCUT2D eigenvalue weighted by Crippen LogP contribution is 2.36. The van der Waals surface area contributed by atoms with Crippen LogP contribution >= 0.6 is 23.2 Å². The summed E-state index contributed by atoms with van der Waals surface area (Å²) >= 11 is 11.9. The molecule has 1 aliphatic rings. The van der Waals surface area contributed by atoms with E-state index < -0.39 is 21.8 Å². The van der Waals surface area contributed by atoms with Crippen LogP contribution in [0.25, 0.3) is 11.1 Å². The van der Waals surface area contributed by atoms with E-state index in [1.165, 1.54) is 22.3 Å². The van der Waals surface area contributed by atoms with Crippen molar-refractivity contribution in [3.63, 3.8) is 0 Å². The zero-order chi connectivity index (χ0) is 21.0. The number of rotatable bonds is 4. The highest BCUT2D eigenvalue weighted by Gasteiger charge is 2.40. The van der Waals surface area contributed by atoms with Crippen molar-refractivity contribution >= 4 is 34.8 Å². The van der Waals surface area contributed by atoms with Crippen molar-refractivity contribution in [3.8, 4) is 11.1 Å². The number of carbonyl (C=O) groups excluding carboxylic acids is 2. The van der Waals surface area contributed by atoms with Crippen LogP contribution in [0, 0.1) is 5.92 Å². The van der Waals surface area contributed by atoms with Crippen molar-refractivity contribution in [3.05, 3.63) is 95.6 Å². The highest BCUT2D eigenvalue weighted by molar-refractivity contribution is 6.66. The highest BCUT2D eigenvalue weighted by atomic mass is 35.5. The molecule has 0 spiro atoms. The van der Waals surface area contributed by atoms with Crippen molar-refractivity contribution < 1.29 is 9.59 Å². The van der Waals surface area contributed by atoms with Gasteiger partial charge in [-0.2, -0.15) is 0 Å². The molecule has 0 aromatic heterocycles. The molecule has 0 fully saturated rings. The van der Waals surface area contributed by atoms with Crippen molar-refractivity contribution in [1.82, 2.24) is 0 Å². The Labute approximate surface area is 181 Å². The average Bonchev–Trinajstić information content (AvgIpc) is 3.12. The van der Waals surface area contributed by atoms with E-state index >= 15 is 0 Å². The molecular formula is C25H22Cl2O2. The molecule has 4 heteroatoms. The van der Waals surface area contributed by atoms with Crippen LogP contribution < -0.4 is 0 Å². The summed E-state index contributed by atoms with van der Waals surface area (Å²) in [5, 5.41) is 0. The Bertz CT molecular complexity index is 980. The molecule has 29 heavy (non-hydrogen) atoms. The second kappa shape index (κ2) is 8.94. The fraction of sp³-hybridized carbons (Fsp3) is 0.200. The number of Topliss-reactive ketones (excluding diaryl/α,β-unsaturated/α-hetero) is 2. The van der Waals surface area contributed by atoms with Gasteiger partial charge in [0.2, 0.25) is 15.9 Å². The zero-order valence-electron chi connectivity index (χ0n) is 16.4. The van der Waals surface area contributed by atoms with Crippen LogP contribution in [0.3, 0.4) is 0 Å².